The molecule has 1 aliphatic heterocycles. The molecule has 38 heavy (non-hydrogen) atoms. The van der Waals surface area contributed by atoms with E-state index >= 15 is 0 Å². The summed E-state index contributed by atoms with van der Waals surface area (Å²) in [6, 6.07) is 16.3. The molecule has 0 atom stereocenters. The van der Waals surface area contributed by atoms with Crippen LogP contribution in [0.25, 0.3) is 6.08 Å². The maximum atomic E-state index is 14.0. The van der Waals surface area contributed by atoms with Gasteiger partial charge in [0, 0.05) is 12.6 Å². The van der Waals surface area contributed by atoms with Crippen LogP contribution in [-0.2, 0) is 16.1 Å². The van der Waals surface area contributed by atoms with Crippen molar-refractivity contribution in [1.82, 2.24) is 4.90 Å². The van der Waals surface area contributed by atoms with Crippen LogP contribution in [0.15, 0.2) is 70.6 Å². The fraction of sp³-hybridized carbons (Fsp3) is 0.179. The Bertz CT molecular complexity index is 1430. The van der Waals surface area contributed by atoms with Crippen molar-refractivity contribution in [2.45, 2.75) is 13.5 Å². The van der Waals surface area contributed by atoms with Crippen LogP contribution in [0.4, 0.5) is 10.1 Å². The number of thioether (sulfide) groups is 1. The summed E-state index contributed by atoms with van der Waals surface area (Å²) in [6.07, 6.45) is 1.70. The molecule has 0 bridgehead atoms. The van der Waals surface area contributed by atoms with E-state index in [0.717, 1.165) is 0 Å². The third-order valence-electron chi connectivity index (χ3n) is 5.48. The van der Waals surface area contributed by atoms with Gasteiger partial charge in [-0.25, -0.2) is 14.2 Å². The van der Waals surface area contributed by atoms with Gasteiger partial charge in [-0.05, 0) is 72.8 Å². The van der Waals surface area contributed by atoms with E-state index in [1.54, 1.807) is 67.7 Å². The van der Waals surface area contributed by atoms with Crippen molar-refractivity contribution in [1.29, 1.82) is 0 Å². The third kappa shape index (κ3) is 6.17. The van der Waals surface area contributed by atoms with Crippen molar-refractivity contribution < 1.29 is 28.2 Å². The topological polar surface area (TPSA) is 77.4 Å². The molecule has 1 amide bonds. The van der Waals surface area contributed by atoms with Crippen molar-refractivity contribution in [3.63, 3.8) is 0 Å². The SMILES string of the molecule is CCOc1cc(/C=C2\SC(=Nc3ccc(C(=O)OC)cc3)N(C)C2=O)cc(Cl)c1OCc1ccccc1F. The van der Waals surface area contributed by atoms with Crippen molar-refractivity contribution in [3.05, 3.63) is 93.1 Å². The molecule has 4 rings (SSSR count). The molecule has 1 aliphatic rings. The van der Waals surface area contributed by atoms with Crippen LogP contribution in [0.3, 0.4) is 0 Å². The molecular weight excluding hydrogens is 531 g/mol. The third-order valence-corrected chi connectivity index (χ3v) is 6.82. The van der Waals surface area contributed by atoms with E-state index in [9.17, 15) is 14.0 Å². The van der Waals surface area contributed by atoms with Gasteiger partial charge in [0.15, 0.2) is 16.7 Å². The number of esters is 1. The molecular formula is C28H24ClFN2O5S. The summed E-state index contributed by atoms with van der Waals surface area (Å²) in [7, 11) is 2.95. The van der Waals surface area contributed by atoms with Crippen LogP contribution < -0.4 is 9.47 Å². The number of hydrogen-bond acceptors (Lipinski definition) is 7. The molecule has 0 radical (unpaired) electrons. The van der Waals surface area contributed by atoms with Gasteiger partial charge < -0.3 is 14.2 Å². The largest absolute Gasteiger partial charge is 0.490 e. The Kier molecular flexibility index (Phi) is 8.70. The molecule has 0 saturated carbocycles. The molecule has 1 saturated heterocycles. The van der Waals surface area contributed by atoms with Gasteiger partial charge in [0.2, 0.25) is 0 Å². The van der Waals surface area contributed by atoms with E-state index in [-0.39, 0.29) is 23.4 Å². The normalized spacial score (nSPS) is 15.3. The lowest BCUT2D eigenvalue weighted by Gasteiger charge is -2.15. The first-order valence-corrected chi connectivity index (χ1v) is 12.8. The Labute approximate surface area is 228 Å². The lowest BCUT2D eigenvalue weighted by molar-refractivity contribution is -0.121. The number of benzene rings is 3. The number of aliphatic imine (C=N–C) groups is 1. The van der Waals surface area contributed by atoms with Gasteiger partial charge in [-0.15, -0.1) is 0 Å². The van der Waals surface area contributed by atoms with Crippen molar-refractivity contribution >= 4 is 52.2 Å². The molecule has 196 valence electrons. The van der Waals surface area contributed by atoms with Crippen LogP contribution >= 0.6 is 23.4 Å². The molecule has 0 unspecified atom stereocenters. The van der Waals surface area contributed by atoms with Gasteiger partial charge in [0.25, 0.3) is 5.91 Å². The zero-order valence-electron chi connectivity index (χ0n) is 20.9. The molecule has 1 heterocycles. The second-order valence-corrected chi connectivity index (χ2v) is 9.47. The van der Waals surface area contributed by atoms with Crippen LogP contribution in [0.2, 0.25) is 5.02 Å². The minimum atomic E-state index is -0.439. The number of halogens is 2. The predicted octanol–water partition coefficient (Wildman–Crippen LogP) is 6.48. The lowest BCUT2D eigenvalue weighted by Crippen LogP contribution is -2.23. The zero-order chi connectivity index (χ0) is 27.2. The minimum absolute atomic E-state index is 0.0214. The maximum absolute atomic E-state index is 14.0. The fourth-order valence-corrected chi connectivity index (χ4v) is 4.80. The highest BCUT2D eigenvalue weighted by Gasteiger charge is 2.30. The summed E-state index contributed by atoms with van der Waals surface area (Å²) >= 11 is 7.73. The van der Waals surface area contributed by atoms with E-state index in [0.29, 0.717) is 50.6 Å². The highest BCUT2D eigenvalue weighted by molar-refractivity contribution is 8.18. The van der Waals surface area contributed by atoms with Gasteiger partial charge in [-0.3, -0.25) is 9.69 Å². The maximum Gasteiger partial charge on any atom is 0.337 e. The van der Waals surface area contributed by atoms with Crippen LogP contribution in [0, 0.1) is 5.82 Å². The Morgan fingerprint density at radius 2 is 1.87 bits per heavy atom. The second kappa shape index (κ2) is 12.1. The zero-order valence-corrected chi connectivity index (χ0v) is 22.4. The Balaban J connectivity index is 1.57. The standard InChI is InChI=1S/C28H24ClFN2O5S/c1-4-36-23-14-17(13-21(29)25(23)37-16-19-7-5-6-8-22(19)30)15-24-26(33)32(2)28(38-24)31-20-11-9-18(10-12-20)27(34)35-3/h5-15H,4,16H2,1-3H3/b24-15-,31-28?. The number of amidine groups is 1. The molecule has 3 aromatic carbocycles. The Hall–Kier alpha value is -3.82. The molecule has 1 fully saturated rings. The lowest BCUT2D eigenvalue weighted by atomic mass is 10.1. The van der Waals surface area contributed by atoms with Gasteiger partial charge >= 0.3 is 5.97 Å². The van der Waals surface area contributed by atoms with E-state index in [1.807, 2.05) is 6.92 Å². The number of likely N-dealkylation sites (N-methyl/N-ethyl adjacent to an activating group) is 1. The molecule has 0 aliphatic carbocycles. The summed E-state index contributed by atoms with van der Waals surface area (Å²) in [5.41, 5.74) is 2.01. The van der Waals surface area contributed by atoms with Gasteiger partial charge in [-0.1, -0.05) is 29.8 Å². The van der Waals surface area contributed by atoms with E-state index in [1.165, 1.54) is 29.8 Å². The number of carbonyl (C=O) groups is 2. The second-order valence-electron chi connectivity index (χ2n) is 8.05. The van der Waals surface area contributed by atoms with Crippen molar-refractivity contribution in [3.8, 4) is 11.5 Å². The van der Waals surface area contributed by atoms with E-state index in [4.69, 9.17) is 25.8 Å². The number of nitrogens with zero attached hydrogens (tertiary/aromatic N) is 2. The highest BCUT2D eigenvalue weighted by Crippen LogP contribution is 2.40. The first-order valence-electron chi connectivity index (χ1n) is 11.6. The van der Waals surface area contributed by atoms with E-state index in [2.05, 4.69) is 4.99 Å². The Morgan fingerprint density at radius 3 is 2.55 bits per heavy atom. The number of methoxy groups -OCH3 is 1. The fourth-order valence-electron chi connectivity index (χ4n) is 3.54. The van der Waals surface area contributed by atoms with Crippen molar-refractivity contribution in [2.24, 2.45) is 4.99 Å². The summed E-state index contributed by atoms with van der Waals surface area (Å²) in [6.45, 7) is 2.16. The summed E-state index contributed by atoms with van der Waals surface area (Å²) in [5.74, 6) is -0.369. The van der Waals surface area contributed by atoms with Gasteiger partial charge in [0.05, 0.1) is 34.9 Å². The van der Waals surface area contributed by atoms with E-state index < -0.39 is 5.97 Å². The molecule has 7 nitrogen and oxygen atoms in total. The molecule has 3 aromatic rings. The van der Waals surface area contributed by atoms with Crippen LogP contribution in [0.1, 0.15) is 28.4 Å². The average molecular weight is 555 g/mol. The quantitative estimate of drug-likeness (QED) is 0.234. The average Bonchev–Trinajstić information content (AvgIpc) is 3.16. The first-order chi connectivity index (χ1) is 18.3. The first kappa shape index (κ1) is 27.2. The van der Waals surface area contributed by atoms with Gasteiger partial charge in [0.1, 0.15) is 12.4 Å². The van der Waals surface area contributed by atoms with Crippen molar-refractivity contribution in [2.75, 3.05) is 20.8 Å². The highest BCUT2D eigenvalue weighted by atomic mass is 35.5. The minimum Gasteiger partial charge on any atom is -0.490 e. The predicted molar refractivity (Wildman–Crippen MR) is 147 cm³/mol. The number of amides is 1. The summed E-state index contributed by atoms with van der Waals surface area (Å²) in [4.78, 5) is 31.0. The molecule has 10 heteroatoms. The van der Waals surface area contributed by atoms with Crippen LogP contribution in [-0.4, -0.2) is 42.7 Å². The smallest absolute Gasteiger partial charge is 0.337 e. The number of rotatable bonds is 8. The number of hydrogen-bond donors (Lipinski definition) is 0. The van der Waals surface area contributed by atoms with Gasteiger partial charge in [-0.2, -0.15) is 0 Å². The molecule has 0 spiro atoms. The summed E-state index contributed by atoms with van der Waals surface area (Å²) in [5, 5.41) is 0.746. The number of ether oxygens (including phenoxy) is 3. The summed E-state index contributed by atoms with van der Waals surface area (Å²) < 4.78 is 30.3. The molecule has 0 N–H and O–H groups in total. The monoisotopic (exact) mass is 554 g/mol. The molecule has 0 aromatic heterocycles. The number of carbonyl (C=O) groups excluding carboxylic acids is 2. The Morgan fingerprint density at radius 1 is 1.13 bits per heavy atom. The van der Waals surface area contributed by atoms with Crippen LogP contribution in [0.5, 0.6) is 11.5 Å².